The first-order chi connectivity index (χ1) is 10.1. The van der Waals surface area contributed by atoms with Crippen LogP contribution in [0.15, 0.2) is 48.5 Å². The summed E-state index contributed by atoms with van der Waals surface area (Å²) in [6, 6.07) is 16.6. The first-order valence-electron chi connectivity index (χ1n) is 7.31. The fourth-order valence-corrected chi connectivity index (χ4v) is 2.55. The summed E-state index contributed by atoms with van der Waals surface area (Å²) < 4.78 is 0. The Bertz CT molecular complexity index is 568. The lowest BCUT2D eigenvalue weighted by atomic mass is 10.1. The molecule has 0 aromatic heterocycles. The fraction of sp³-hybridized carbons (Fsp3) is 0.333. The van der Waals surface area contributed by atoms with Crippen LogP contribution in [0.1, 0.15) is 12.0 Å². The third-order valence-corrected chi connectivity index (χ3v) is 3.78. The molecule has 120 valence electrons. The van der Waals surface area contributed by atoms with E-state index in [4.69, 9.17) is 11.6 Å². The summed E-state index contributed by atoms with van der Waals surface area (Å²) in [5.41, 5.74) is 3.74. The van der Waals surface area contributed by atoms with Crippen molar-refractivity contribution in [3.8, 4) is 0 Å². The first kappa shape index (κ1) is 18.8. The average molecular weight is 339 g/mol. The van der Waals surface area contributed by atoms with Gasteiger partial charge in [-0.3, -0.25) is 0 Å². The van der Waals surface area contributed by atoms with Crippen molar-refractivity contribution < 1.29 is 0 Å². The van der Waals surface area contributed by atoms with Gasteiger partial charge in [-0.15, -0.1) is 12.4 Å². The molecule has 2 rings (SSSR count). The van der Waals surface area contributed by atoms with E-state index in [1.54, 1.807) is 0 Å². The molecule has 0 N–H and O–H groups in total. The van der Waals surface area contributed by atoms with Crippen molar-refractivity contribution in [1.29, 1.82) is 0 Å². The zero-order valence-corrected chi connectivity index (χ0v) is 15.0. The van der Waals surface area contributed by atoms with Gasteiger partial charge in [0.25, 0.3) is 0 Å². The zero-order chi connectivity index (χ0) is 15.2. The topological polar surface area (TPSA) is 6.48 Å². The van der Waals surface area contributed by atoms with E-state index in [2.05, 4.69) is 67.2 Å². The van der Waals surface area contributed by atoms with Crippen molar-refractivity contribution in [2.24, 2.45) is 0 Å². The minimum atomic E-state index is 0. The van der Waals surface area contributed by atoms with Crippen LogP contribution in [-0.4, -0.2) is 32.1 Å². The van der Waals surface area contributed by atoms with Crippen LogP contribution in [0.3, 0.4) is 0 Å². The molecule has 0 amide bonds. The van der Waals surface area contributed by atoms with Gasteiger partial charge in [-0.25, -0.2) is 0 Å². The molecular weight excluding hydrogens is 315 g/mol. The fourth-order valence-electron chi connectivity index (χ4n) is 2.42. The standard InChI is InChI=1S/C18H23ClN2.ClH/c1-15-7-4-5-8-18(15)21(14-6-13-20(2)3)17-11-9-16(19)10-12-17;/h4-5,7-12H,6,13-14H2,1-3H3;1H. The van der Waals surface area contributed by atoms with Crippen molar-refractivity contribution in [2.75, 3.05) is 32.1 Å². The summed E-state index contributed by atoms with van der Waals surface area (Å²) in [4.78, 5) is 4.59. The Labute approximate surface area is 145 Å². The van der Waals surface area contributed by atoms with Gasteiger partial charge >= 0.3 is 0 Å². The van der Waals surface area contributed by atoms with Gasteiger partial charge in [0.15, 0.2) is 0 Å². The normalized spacial score (nSPS) is 10.4. The van der Waals surface area contributed by atoms with Gasteiger partial charge in [-0.1, -0.05) is 29.8 Å². The maximum Gasteiger partial charge on any atom is 0.0440 e. The van der Waals surface area contributed by atoms with Crippen molar-refractivity contribution in [3.05, 3.63) is 59.1 Å². The van der Waals surface area contributed by atoms with Crippen molar-refractivity contribution in [1.82, 2.24) is 4.90 Å². The number of halogens is 2. The lowest BCUT2D eigenvalue weighted by molar-refractivity contribution is 0.402. The van der Waals surface area contributed by atoms with Gasteiger partial charge in [0.2, 0.25) is 0 Å². The molecule has 0 saturated carbocycles. The summed E-state index contributed by atoms with van der Waals surface area (Å²) in [5.74, 6) is 0. The molecule has 0 aliphatic carbocycles. The number of para-hydroxylation sites is 1. The second-order valence-electron chi connectivity index (χ2n) is 5.57. The SMILES string of the molecule is Cc1ccccc1N(CCCN(C)C)c1ccc(Cl)cc1.Cl. The Morgan fingerprint density at radius 1 is 0.909 bits per heavy atom. The predicted molar refractivity (Wildman–Crippen MR) is 100 cm³/mol. The van der Waals surface area contributed by atoms with E-state index in [0.717, 1.165) is 24.5 Å². The Balaban J connectivity index is 0.00000242. The molecule has 0 radical (unpaired) electrons. The molecule has 0 heterocycles. The highest BCUT2D eigenvalue weighted by atomic mass is 35.5. The molecular formula is C18H24Cl2N2. The molecule has 2 nitrogen and oxygen atoms in total. The van der Waals surface area contributed by atoms with Crippen LogP contribution < -0.4 is 4.90 Å². The zero-order valence-electron chi connectivity index (χ0n) is 13.4. The van der Waals surface area contributed by atoms with Gasteiger partial charge in [0.1, 0.15) is 0 Å². The second kappa shape index (κ2) is 9.04. The molecule has 2 aromatic rings. The monoisotopic (exact) mass is 338 g/mol. The summed E-state index contributed by atoms with van der Waals surface area (Å²) in [5, 5.41) is 0.775. The van der Waals surface area contributed by atoms with E-state index >= 15 is 0 Å². The van der Waals surface area contributed by atoms with Crippen LogP contribution >= 0.6 is 24.0 Å². The Morgan fingerprint density at radius 2 is 1.55 bits per heavy atom. The number of nitrogens with zero attached hydrogens (tertiary/aromatic N) is 2. The minimum absolute atomic E-state index is 0. The van der Waals surface area contributed by atoms with E-state index in [1.807, 2.05) is 12.1 Å². The highest BCUT2D eigenvalue weighted by Crippen LogP contribution is 2.29. The van der Waals surface area contributed by atoms with Crippen LogP contribution in [0.5, 0.6) is 0 Å². The molecule has 0 atom stereocenters. The molecule has 2 aromatic carbocycles. The van der Waals surface area contributed by atoms with E-state index in [9.17, 15) is 0 Å². The predicted octanol–water partition coefficient (Wildman–Crippen LogP) is 5.16. The number of hydrogen-bond acceptors (Lipinski definition) is 2. The number of anilines is 2. The van der Waals surface area contributed by atoms with Gasteiger partial charge in [0.05, 0.1) is 0 Å². The Hall–Kier alpha value is -1.22. The highest BCUT2D eigenvalue weighted by Gasteiger charge is 2.11. The largest absolute Gasteiger partial charge is 0.341 e. The van der Waals surface area contributed by atoms with E-state index < -0.39 is 0 Å². The number of hydrogen-bond donors (Lipinski definition) is 0. The molecule has 0 spiro atoms. The van der Waals surface area contributed by atoms with Crippen LogP contribution in [-0.2, 0) is 0 Å². The molecule has 0 aliphatic heterocycles. The quantitative estimate of drug-likeness (QED) is 0.717. The maximum absolute atomic E-state index is 6.01. The lowest BCUT2D eigenvalue weighted by Crippen LogP contribution is -2.23. The molecule has 0 fully saturated rings. The Kier molecular flexibility index (Phi) is 7.74. The van der Waals surface area contributed by atoms with Crippen molar-refractivity contribution in [2.45, 2.75) is 13.3 Å². The van der Waals surface area contributed by atoms with Crippen LogP contribution in [0.25, 0.3) is 0 Å². The number of aryl methyl sites for hydroxylation is 1. The maximum atomic E-state index is 6.01. The van der Waals surface area contributed by atoms with Crippen LogP contribution in [0.2, 0.25) is 5.02 Å². The number of benzene rings is 2. The van der Waals surface area contributed by atoms with E-state index in [1.165, 1.54) is 16.9 Å². The third-order valence-electron chi connectivity index (χ3n) is 3.53. The molecule has 4 heteroatoms. The first-order valence-corrected chi connectivity index (χ1v) is 7.69. The summed E-state index contributed by atoms with van der Waals surface area (Å²) in [6.07, 6.45) is 1.12. The summed E-state index contributed by atoms with van der Waals surface area (Å²) >= 11 is 6.01. The average Bonchev–Trinajstić information content (AvgIpc) is 2.46. The van der Waals surface area contributed by atoms with Gasteiger partial charge in [0, 0.05) is 22.9 Å². The molecule has 0 saturated heterocycles. The van der Waals surface area contributed by atoms with Gasteiger partial charge < -0.3 is 9.80 Å². The molecule has 0 aliphatic rings. The van der Waals surface area contributed by atoms with E-state index in [-0.39, 0.29) is 12.4 Å². The van der Waals surface area contributed by atoms with Crippen molar-refractivity contribution in [3.63, 3.8) is 0 Å². The summed E-state index contributed by atoms with van der Waals surface area (Å²) in [7, 11) is 4.22. The molecule has 0 unspecified atom stereocenters. The highest BCUT2D eigenvalue weighted by molar-refractivity contribution is 6.30. The summed E-state index contributed by atoms with van der Waals surface area (Å²) in [6.45, 7) is 4.23. The molecule has 22 heavy (non-hydrogen) atoms. The number of rotatable bonds is 6. The smallest absolute Gasteiger partial charge is 0.0440 e. The van der Waals surface area contributed by atoms with Crippen LogP contribution in [0.4, 0.5) is 11.4 Å². The van der Waals surface area contributed by atoms with Gasteiger partial charge in [-0.2, -0.15) is 0 Å². The van der Waals surface area contributed by atoms with E-state index in [0.29, 0.717) is 0 Å². The van der Waals surface area contributed by atoms with Crippen LogP contribution in [0, 0.1) is 6.92 Å². The second-order valence-corrected chi connectivity index (χ2v) is 6.01. The van der Waals surface area contributed by atoms with Gasteiger partial charge in [-0.05, 0) is 69.9 Å². The van der Waals surface area contributed by atoms with Crippen molar-refractivity contribution >= 4 is 35.4 Å². The minimum Gasteiger partial charge on any atom is -0.341 e. The lowest BCUT2D eigenvalue weighted by Gasteiger charge is -2.27. The Morgan fingerprint density at radius 3 is 2.14 bits per heavy atom. The molecule has 0 bridgehead atoms. The third kappa shape index (κ3) is 5.20.